The zero-order valence-electron chi connectivity index (χ0n) is 11.3. The number of benzene rings is 1. The first-order valence-electron chi connectivity index (χ1n) is 6.86. The quantitative estimate of drug-likeness (QED) is 0.869. The number of imidazole rings is 1. The molecule has 0 atom stereocenters. The van der Waals surface area contributed by atoms with Crippen molar-refractivity contribution in [1.82, 2.24) is 9.55 Å². The number of anilines is 1. The van der Waals surface area contributed by atoms with E-state index in [1.807, 2.05) is 24.3 Å². The van der Waals surface area contributed by atoms with Gasteiger partial charge in [-0.25, -0.2) is 4.98 Å². The van der Waals surface area contributed by atoms with Gasteiger partial charge in [-0.05, 0) is 31.1 Å². The van der Waals surface area contributed by atoms with Crippen LogP contribution in [0.2, 0.25) is 0 Å². The summed E-state index contributed by atoms with van der Waals surface area (Å²) in [4.78, 5) is 16.0. The number of carbonyl (C=O) groups is 1. The molecule has 1 aromatic heterocycles. The summed E-state index contributed by atoms with van der Waals surface area (Å²) in [6, 6.07) is 7.74. The second-order valence-corrected chi connectivity index (χ2v) is 4.97. The standard InChI is InChI=1S/C16H17N3O/c1-2-16(20)17-13-7-5-6-12(10-13)14-11-19-9-4-3-8-15(19)18-14/h2,5-7,10-11H,1,3-4,8-9H2,(H,17,20). The molecule has 0 bridgehead atoms. The molecule has 1 aromatic carbocycles. The average Bonchev–Trinajstić information content (AvgIpc) is 2.91. The van der Waals surface area contributed by atoms with Crippen molar-refractivity contribution >= 4 is 11.6 Å². The van der Waals surface area contributed by atoms with Crippen LogP contribution in [0.5, 0.6) is 0 Å². The molecule has 1 amide bonds. The predicted molar refractivity (Wildman–Crippen MR) is 79.4 cm³/mol. The normalized spacial score (nSPS) is 13.6. The Labute approximate surface area is 118 Å². The summed E-state index contributed by atoms with van der Waals surface area (Å²) in [6.45, 7) is 4.50. The molecule has 1 N–H and O–H groups in total. The summed E-state index contributed by atoms with van der Waals surface area (Å²) >= 11 is 0. The Morgan fingerprint density at radius 3 is 3.10 bits per heavy atom. The third-order valence-corrected chi connectivity index (χ3v) is 3.52. The molecule has 0 fully saturated rings. The fraction of sp³-hybridized carbons (Fsp3) is 0.250. The number of nitrogens with one attached hydrogen (secondary N) is 1. The van der Waals surface area contributed by atoms with Gasteiger partial charge >= 0.3 is 0 Å². The number of hydrogen-bond acceptors (Lipinski definition) is 2. The average molecular weight is 267 g/mol. The highest BCUT2D eigenvalue weighted by atomic mass is 16.1. The zero-order valence-corrected chi connectivity index (χ0v) is 11.3. The van der Waals surface area contributed by atoms with Gasteiger partial charge < -0.3 is 9.88 Å². The van der Waals surface area contributed by atoms with Crippen LogP contribution in [0, 0.1) is 0 Å². The lowest BCUT2D eigenvalue weighted by molar-refractivity contribution is -0.111. The molecule has 0 aliphatic carbocycles. The minimum absolute atomic E-state index is 0.203. The largest absolute Gasteiger partial charge is 0.334 e. The molecule has 2 aromatic rings. The molecule has 0 radical (unpaired) electrons. The molecule has 0 saturated heterocycles. The fourth-order valence-corrected chi connectivity index (χ4v) is 2.50. The minimum atomic E-state index is -0.203. The molecule has 0 unspecified atom stereocenters. The molecule has 3 rings (SSSR count). The van der Waals surface area contributed by atoms with Gasteiger partial charge in [0, 0.05) is 30.4 Å². The van der Waals surface area contributed by atoms with Gasteiger partial charge in [0.15, 0.2) is 0 Å². The lowest BCUT2D eigenvalue weighted by Gasteiger charge is -2.11. The molecule has 4 heteroatoms. The fourth-order valence-electron chi connectivity index (χ4n) is 2.50. The van der Waals surface area contributed by atoms with Gasteiger partial charge in [0.1, 0.15) is 5.82 Å². The Kier molecular flexibility index (Phi) is 3.37. The van der Waals surface area contributed by atoms with E-state index in [1.54, 1.807) is 0 Å². The summed E-state index contributed by atoms with van der Waals surface area (Å²) in [5.74, 6) is 0.957. The monoisotopic (exact) mass is 267 g/mol. The van der Waals surface area contributed by atoms with Crippen molar-refractivity contribution in [2.75, 3.05) is 5.32 Å². The highest BCUT2D eigenvalue weighted by Gasteiger charge is 2.13. The molecule has 2 heterocycles. The van der Waals surface area contributed by atoms with Crippen LogP contribution in [-0.2, 0) is 17.8 Å². The van der Waals surface area contributed by atoms with Gasteiger partial charge in [0.25, 0.3) is 0 Å². The SMILES string of the molecule is C=CC(=O)Nc1cccc(-c2cn3c(n2)CCCC3)c1. The summed E-state index contributed by atoms with van der Waals surface area (Å²) in [5, 5.41) is 2.77. The predicted octanol–water partition coefficient (Wildman–Crippen LogP) is 3.01. The number of hydrogen-bond donors (Lipinski definition) is 1. The van der Waals surface area contributed by atoms with Crippen LogP contribution in [0.4, 0.5) is 5.69 Å². The first-order valence-corrected chi connectivity index (χ1v) is 6.86. The molecule has 20 heavy (non-hydrogen) atoms. The first-order chi connectivity index (χ1) is 9.76. The Morgan fingerprint density at radius 1 is 1.40 bits per heavy atom. The number of nitrogens with zero attached hydrogens (tertiary/aromatic N) is 2. The molecule has 1 aliphatic heterocycles. The topological polar surface area (TPSA) is 46.9 Å². The van der Waals surface area contributed by atoms with Gasteiger partial charge in [-0.2, -0.15) is 0 Å². The van der Waals surface area contributed by atoms with E-state index < -0.39 is 0 Å². The number of amides is 1. The van der Waals surface area contributed by atoms with Crippen molar-refractivity contribution < 1.29 is 4.79 Å². The van der Waals surface area contributed by atoms with Gasteiger partial charge in [0.05, 0.1) is 5.69 Å². The Balaban J connectivity index is 1.90. The van der Waals surface area contributed by atoms with Crippen LogP contribution in [0.3, 0.4) is 0 Å². The molecular formula is C16H17N3O. The van der Waals surface area contributed by atoms with E-state index in [0.717, 1.165) is 35.7 Å². The van der Waals surface area contributed by atoms with Gasteiger partial charge in [-0.3, -0.25) is 4.79 Å². The van der Waals surface area contributed by atoms with Crippen molar-refractivity contribution in [2.24, 2.45) is 0 Å². The van der Waals surface area contributed by atoms with Crippen molar-refractivity contribution in [1.29, 1.82) is 0 Å². The van der Waals surface area contributed by atoms with Crippen LogP contribution >= 0.6 is 0 Å². The van der Waals surface area contributed by atoms with E-state index in [9.17, 15) is 4.79 Å². The Bertz CT molecular complexity index is 634. The van der Waals surface area contributed by atoms with E-state index in [-0.39, 0.29) is 5.91 Å². The lowest BCUT2D eigenvalue weighted by Crippen LogP contribution is -2.08. The van der Waals surface area contributed by atoms with Crippen molar-refractivity contribution in [2.45, 2.75) is 25.8 Å². The van der Waals surface area contributed by atoms with Crippen LogP contribution in [0.15, 0.2) is 43.1 Å². The van der Waals surface area contributed by atoms with E-state index >= 15 is 0 Å². The number of aromatic nitrogens is 2. The maximum Gasteiger partial charge on any atom is 0.247 e. The van der Waals surface area contributed by atoms with Crippen molar-refractivity contribution in [3.8, 4) is 11.3 Å². The highest BCUT2D eigenvalue weighted by molar-refractivity contribution is 5.99. The number of carbonyl (C=O) groups excluding carboxylic acids is 1. The second-order valence-electron chi connectivity index (χ2n) is 4.97. The molecule has 4 nitrogen and oxygen atoms in total. The maximum atomic E-state index is 11.3. The molecule has 0 saturated carbocycles. The smallest absolute Gasteiger partial charge is 0.247 e. The van der Waals surface area contributed by atoms with Gasteiger partial charge in [-0.15, -0.1) is 0 Å². The zero-order chi connectivity index (χ0) is 13.9. The summed E-state index contributed by atoms with van der Waals surface area (Å²) in [7, 11) is 0. The van der Waals surface area contributed by atoms with Crippen LogP contribution in [0.25, 0.3) is 11.3 Å². The lowest BCUT2D eigenvalue weighted by atomic mass is 10.1. The van der Waals surface area contributed by atoms with Gasteiger partial charge in [-0.1, -0.05) is 18.7 Å². The Morgan fingerprint density at radius 2 is 2.30 bits per heavy atom. The van der Waals surface area contributed by atoms with E-state index in [4.69, 9.17) is 4.98 Å². The highest BCUT2D eigenvalue weighted by Crippen LogP contribution is 2.24. The Hall–Kier alpha value is -2.36. The molecule has 1 aliphatic rings. The van der Waals surface area contributed by atoms with Crippen LogP contribution in [0.1, 0.15) is 18.7 Å². The number of fused-ring (bicyclic) bond motifs is 1. The summed E-state index contributed by atoms with van der Waals surface area (Å²) in [5.41, 5.74) is 2.75. The third-order valence-electron chi connectivity index (χ3n) is 3.52. The third kappa shape index (κ3) is 2.50. The summed E-state index contributed by atoms with van der Waals surface area (Å²) in [6.07, 6.45) is 6.85. The molecule has 0 spiro atoms. The molecular weight excluding hydrogens is 250 g/mol. The van der Waals surface area contributed by atoms with E-state index in [1.165, 1.54) is 18.9 Å². The van der Waals surface area contributed by atoms with E-state index in [0.29, 0.717) is 0 Å². The number of aryl methyl sites for hydroxylation is 2. The van der Waals surface area contributed by atoms with Crippen molar-refractivity contribution in [3.63, 3.8) is 0 Å². The summed E-state index contributed by atoms with van der Waals surface area (Å²) < 4.78 is 2.23. The van der Waals surface area contributed by atoms with E-state index in [2.05, 4.69) is 22.7 Å². The molecule has 102 valence electrons. The maximum absolute atomic E-state index is 11.3. The van der Waals surface area contributed by atoms with Gasteiger partial charge in [0.2, 0.25) is 5.91 Å². The minimum Gasteiger partial charge on any atom is -0.334 e. The first kappa shape index (κ1) is 12.7. The van der Waals surface area contributed by atoms with Crippen LogP contribution < -0.4 is 5.32 Å². The second kappa shape index (κ2) is 5.33. The van der Waals surface area contributed by atoms with Crippen molar-refractivity contribution in [3.05, 3.63) is 48.9 Å². The number of rotatable bonds is 3. The van der Waals surface area contributed by atoms with Crippen LogP contribution in [-0.4, -0.2) is 15.5 Å².